The maximum absolute atomic E-state index is 15.2. The monoisotopic (exact) mass is 512 g/mol. The second-order valence-electron chi connectivity index (χ2n) is 9.89. The molecule has 38 heavy (non-hydrogen) atoms. The number of halogens is 1. The molecule has 9 nitrogen and oxygen atoms in total. The Morgan fingerprint density at radius 1 is 1.13 bits per heavy atom. The Labute approximate surface area is 217 Å². The Hall–Kier alpha value is -4.70. The average molecular weight is 513 g/mol. The molecular weight excluding hydrogens is 487 g/mol. The van der Waals surface area contributed by atoms with Gasteiger partial charge in [0.15, 0.2) is 5.82 Å². The molecular formula is C28H25FN6O3. The van der Waals surface area contributed by atoms with E-state index in [1.807, 2.05) is 39.0 Å². The maximum atomic E-state index is 15.2. The third-order valence-corrected chi connectivity index (χ3v) is 6.35. The number of fused-ring (bicyclic) bond motifs is 1. The lowest BCUT2D eigenvalue weighted by atomic mass is 9.86. The predicted octanol–water partition coefficient (Wildman–Crippen LogP) is 3.66. The Balaban J connectivity index is 1.70. The zero-order valence-electron chi connectivity index (χ0n) is 21.0. The SMILES string of the molecule is CC(C)(C)c1cc(F)c2c(=O)n(-c3nccc(-n4cc(C(N)=O)c(-c5ccccc5)n4)c3CO)ncc2c1. The first kappa shape index (κ1) is 25.0. The van der Waals surface area contributed by atoms with E-state index < -0.39 is 23.9 Å². The van der Waals surface area contributed by atoms with Gasteiger partial charge >= 0.3 is 0 Å². The number of primary amides is 1. The summed E-state index contributed by atoms with van der Waals surface area (Å²) in [5.41, 5.74) is 7.07. The third kappa shape index (κ3) is 4.24. The molecule has 1 amide bonds. The lowest BCUT2D eigenvalue weighted by Crippen LogP contribution is -2.25. The van der Waals surface area contributed by atoms with Crippen LogP contribution in [0.4, 0.5) is 4.39 Å². The number of aliphatic hydroxyl groups excluding tert-OH is 1. The van der Waals surface area contributed by atoms with Crippen molar-refractivity contribution in [2.75, 3.05) is 0 Å². The van der Waals surface area contributed by atoms with Crippen LogP contribution in [0.1, 0.15) is 42.3 Å². The van der Waals surface area contributed by atoms with Gasteiger partial charge in [0.25, 0.3) is 11.5 Å². The van der Waals surface area contributed by atoms with Crippen LogP contribution in [-0.4, -0.2) is 35.6 Å². The fraction of sp³-hybridized carbons (Fsp3) is 0.179. The Kier molecular flexibility index (Phi) is 6.12. The number of aromatic nitrogens is 5. The molecule has 5 aromatic rings. The highest BCUT2D eigenvalue weighted by Crippen LogP contribution is 2.28. The highest BCUT2D eigenvalue weighted by Gasteiger charge is 2.22. The van der Waals surface area contributed by atoms with E-state index in [9.17, 15) is 14.7 Å². The van der Waals surface area contributed by atoms with Crippen molar-refractivity contribution in [3.63, 3.8) is 0 Å². The van der Waals surface area contributed by atoms with Crippen molar-refractivity contribution >= 4 is 16.7 Å². The van der Waals surface area contributed by atoms with Gasteiger partial charge in [0.1, 0.15) is 11.5 Å². The van der Waals surface area contributed by atoms with E-state index in [4.69, 9.17) is 5.73 Å². The number of hydrogen-bond donors (Lipinski definition) is 2. The third-order valence-electron chi connectivity index (χ3n) is 6.35. The van der Waals surface area contributed by atoms with Gasteiger partial charge in [-0.3, -0.25) is 9.59 Å². The smallest absolute Gasteiger partial charge is 0.283 e. The molecule has 0 radical (unpaired) electrons. The first-order valence-electron chi connectivity index (χ1n) is 11.9. The molecule has 0 fully saturated rings. The summed E-state index contributed by atoms with van der Waals surface area (Å²) < 4.78 is 17.5. The average Bonchev–Trinajstić information content (AvgIpc) is 3.34. The summed E-state index contributed by atoms with van der Waals surface area (Å²) in [6.45, 7) is 5.32. The molecule has 3 heterocycles. The summed E-state index contributed by atoms with van der Waals surface area (Å²) in [4.78, 5) is 29.9. The van der Waals surface area contributed by atoms with Crippen LogP contribution < -0.4 is 11.3 Å². The van der Waals surface area contributed by atoms with Gasteiger partial charge in [-0.25, -0.2) is 14.1 Å². The number of carbonyl (C=O) groups excluding carboxylic acids is 1. The van der Waals surface area contributed by atoms with Crippen LogP contribution >= 0.6 is 0 Å². The predicted molar refractivity (Wildman–Crippen MR) is 141 cm³/mol. The maximum Gasteiger partial charge on any atom is 0.283 e. The quantitative estimate of drug-likeness (QED) is 0.370. The molecule has 10 heteroatoms. The van der Waals surface area contributed by atoms with E-state index in [-0.39, 0.29) is 27.7 Å². The molecule has 0 aliphatic carbocycles. The minimum absolute atomic E-state index is 0.00795. The molecule has 0 aliphatic heterocycles. The standard InChI is InChI=1S/C28H25FN6O3/c1-28(2,3)18-11-17-13-32-35(27(38)23(17)21(29)12-18)26-20(15-36)22(9-10-31-26)34-14-19(25(30)37)24(33-34)16-7-5-4-6-8-16/h4-14,36H,15H2,1-3H3,(H2,30,37). The van der Waals surface area contributed by atoms with Crippen molar-refractivity contribution in [1.29, 1.82) is 0 Å². The summed E-state index contributed by atoms with van der Waals surface area (Å²) in [5, 5.41) is 19.3. The summed E-state index contributed by atoms with van der Waals surface area (Å²) in [7, 11) is 0. The fourth-order valence-electron chi connectivity index (χ4n) is 4.32. The molecule has 0 atom stereocenters. The van der Waals surface area contributed by atoms with Crippen molar-refractivity contribution in [2.45, 2.75) is 32.8 Å². The van der Waals surface area contributed by atoms with E-state index >= 15 is 4.39 Å². The van der Waals surface area contributed by atoms with E-state index in [0.29, 0.717) is 22.3 Å². The van der Waals surface area contributed by atoms with Gasteiger partial charge in [-0.05, 0) is 29.2 Å². The van der Waals surface area contributed by atoms with Crippen molar-refractivity contribution in [3.8, 4) is 22.8 Å². The molecule has 0 saturated carbocycles. The summed E-state index contributed by atoms with van der Waals surface area (Å²) in [6, 6.07) is 13.7. The Bertz CT molecular complexity index is 1750. The van der Waals surface area contributed by atoms with Crippen LogP contribution in [-0.2, 0) is 12.0 Å². The van der Waals surface area contributed by atoms with Gasteiger partial charge in [0.2, 0.25) is 0 Å². The zero-order chi connectivity index (χ0) is 27.2. The highest BCUT2D eigenvalue weighted by atomic mass is 19.1. The number of aliphatic hydroxyl groups is 1. The second kappa shape index (κ2) is 9.31. The fourth-order valence-corrected chi connectivity index (χ4v) is 4.32. The molecule has 3 N–H and O–H groups in total. The molecule has 0 aliphatic rings. The summed E-state index contributed by atoms with van der Waals surface area (Å²) >= 11 is 0. The highest BCUT2D eigenvalue weighted by molar-refractivity contribution is 5.98. The van der Waals surface area contributed by atoms with Crippen molar-refractivity contribution < 1.29 is 14.3 Å². The number of carbonyl (C=O) groups is 1. The van der Waals surface area contributed by atoms with Crippen LogP contribution in [0.15, 0.2) is 71.9 Å². The molecule has 2 aromatic carbocycles. The molecule has 3 aromatic heterocycles. The van der Waals surface area contributed by atoms with Crippen LogP contribution in [0, 0.1) is 5.82 Å². The number of amides is 1. The van der Waals surface area contributed by atoms with Gasteiger partial charge in [-0.15, -0.1) is 0 Å². The normalized spacial score (nSPS) is 11.7. The van der Waals surface area contributed by atoms with E-state index in [0.717, 1.165) is 10.2 Å². The second-order valence-corrected chi connectivity index (χ2v) is 9.89. The lowest BCUT2D eigenvalue weighted by molar-refractivity contribution is 0.100. The number of rotatable bonds is 5. The van der Waals surface area contributed by atoms with Gasteiger partial charge in [0, 0.05) is 28.9 Å². The van der Waals surface area contributed by atoms with Crippen LogP contribution in [0.3, 0.4) is 0 Å². The Morgan fingerprint density at radius 3 is 2.53 bits per heavy atom. The van der Waals surface area contributed by atoms with Gasteiger partial charge < -0.3 is 10.8 Å². The minimum Gasteiger partial charge on any atom is -0.391 e. The van der Waals surface area contributed by atoms with E-state index in [1.165, 1.54) is 29.3 Å². The number of benzene rings is 2. The number of pyridine rings is 1. The number of hydrogen-bond acceptors (Lipinski definition) is 6. The largest absolute Gasteiger partial charge is 0.391 e. The van der Waals surface area contributed by atoms with E-state index in [1.54, 1.807) is 24.3 Å². The van der Waals surface area contributed by atoms with Crippen molar-refractivity contribution in [1.82, 2.24) is 24.5 Å². The number of nitrogens with zero attached hydrogens (tertiary/aromatic N) is 5. The van der Waals surface area contributed by atoms with Crippen LogP contribution in [0.25, 0.3) is 33.5 Å². The van der Waals surface area contributed by atoms with E-state index in [2.05, 4.69) is 15.2 Å². The zero-order valence-corrected chi connectivity index (χ0v) is 21.0. The van der Waals surface area contributed by atoms with Crippen molar-refractivity contribution in [3.05, 3.63) is 100.0 Å². The summed E-state index contributed by atoms with van der Waals surface area (Å²) in [5.74, 6) is -1.33. The van der Waals surface area contributed by atoms with Gasteiger partial charge in [-0.2, -0.15) is 14.9 Å². The first-order valence-corrected chi connectivity index (χ1v) is 11.9. The first-order chi connectivity index (χ1) is 18.1. The van der Waals surface area contributed by atoms with Gasteiger partial charge in [-0.1, -0.05) is 51.1 Å². The van der Waals surface area contributed by atoms with Crippen molar-refractivity contribution in [2.24, 2.45) is 5.73 Å². The molecule has 0 spiro atoms. The Morgan fingerprint density at radius 2 is 1.87 bits per heavy atom. The van der Waals surface area contributed by atoms with Crippen LogP contribution in [0.5, 0.6) is 0 Å². The summed E-state index contributed by atoms with van der Waals surface area (Å²) in [6.07, 6.45) is 4.26. The number of nitrogens with two attached hydrogens (primary N) is 1. The minimum atomic E-state index is -0.719. The molecule has 192 valence electrons. The molecule has 0 saturated heterocycles. The lowest BCUT2D eigenvalue weighted by Gasteiger charge is -2.20. The van der Waals surface area contributed by atoms with Crippen LogP contribution in [0.2, 0.25) is 0 Å². The topological polar surface area (TPSA) is 129 Å². The molecule has 5 rings (SSSR count). The molecule has 0 bridgehead atoms. The molecule has 0 unspecified atom stereocenters. The van der Waals surface area contributed by atoms with Gasteiger partial charge in [0.05, 0.1) is 29.4 Å².